The van der Waals surface area contributed by atoms with Gasteiger partial charge in [0, 0.05) is 13.8 Å². The van der Waals surface area contributed by atoms with Crippen molar-refractivity contribution in [1.29, 1.82) is 0 Å². The molecule has 32 heavy (non-hydrogen) atoms. The van der Waals surface area contributed by atoms with Gasteiger partial charge in [0.1, 0.15) is 0 Å². The average molecular weight is 437 g/mol. The van der Waals surface area contributed by atoms with Gasteiger partial charge in [-0.1, -0.05) is 37.3 Å². The number of esters is 1. The van der Waals surface area contributed by atoms with Gasteiger partial charge in [-0.3, -0.25) is 9.59 Å². The first-order valence-electron chi connectivity index (χ1n) is 11.2. The predicted molar refractivity (Wildman–Crippen MR) is 123 cm³/mol. The number of aryl methyl sites for hydroxylation is 1. The second kappa shape index (κ2) is 10.4. The molecule has 0 spiro atoms. The van der Waals surface area contributed by atoms with Gasteiger partial charge in [-0.2, -0.15) is 0 Å². The number of benzene rings is 2. The van der Waals surface area contributed by atoms with E-state index in [4.69, 9.17) is 4.74 Å². The third kappa shape index (κ3) is 5.55. The molecule has 0 fully saturated rings. The third-order valence-electron chi connectivity index (χ3n) is 5.97. The molecule has 2 aliphatic carbocycles. The Morgan fingerprint density at radius 2 is 1.69 bits per heavy atom. The van der Waals surface area contributed by atoms with E-state index < -0.39 is 0 Å². The lowest BCUT2D eigenvalue weighted by Crippen LogP contribution is -2.28. The van der Waals surface area contributed by atoms with Gasteiger partial charge < -0.3 is 15.4 Å². The number of ether oxygens (including phenoxy) is 1. The second-order valence-electron chi connectivity index (χ2n) is 8.48. The lowest BCUT2D eigenvalue weighted by atomic mass is 10.0. The van der Waals surface area contributed by atoms with Crippen molar-refractivity contribution in [3.8, 4) is 0 Å². The fourth-order valence-electron chi connectivity index (χ4n) is 4.57. The molecule has 6 nitrogen and oxygen atoms in total. The fourth-order valence-corrected chi connectivity index (χ4v) is 4.57. The van der Waals surface area contributed by atoms with Gasteiger partial charge in [-0.25, -0.2) is 4.79 Å². The van der Waals surface area contributed by atoms with Gasteiger partial charge in [0.2, 0.25) is 11.8 Å². The van der Waals surface area contributed by atoms with Crippen LogP contribution in [0.2, 0.25) is 0 Å². The normalized spacial score (nSPS) is 20.3. The molecule has 0 bridgehead atoms. The summed E-state index contributed by atoms with van der Waals surface area (Å²) in [6, 6.07) is 14.1. The molecule has 0 heterocycles. The molecule has 4 rings (SSSR count). The Kier molecular flexibility index (Phi) is 7.67. The molecule has 2 amide bonds. The maximum absolute atomic E-state index is 11.7. The molecule has 0 saturated carbocycles. The molecule has 2 aromatic rings. The summed E-state index contributed by atoms with van der Waals surface area (Å²) in [7, 11) is 0. The Morgan fingerprint density at radius 1 is 0.969 bits per heavy atom. The van der Waals surface area contributed by atoms with Gasteiger partial charge in [-0.05, 0) is 66.5 Å². The van der Waals surface area contributed by atoms with Crippen LogP contribution in [0.5, 0.6) is 0 Å². The molecule has 3 atom stereocenters. The van der Waals surface area contributed by atoms with Gasteiger partial charge in [-0.15, -0.1) is 0 Å². The van der Waals surface area contributed by atoms with E-state index in [1.54, 1.807) is 19.9 Å². The number of nitrogens with one attached hydrogen (secondary N) is 2. The topological polar surface area (TPSA) is 84.5 Å². The van der Waals surface area contributed by atoms with Crippen molar-refractivity contribution in [3.05, 3.63) is 70.3 Å². The fraction of sp³-hybridized carbons (Fsp3) is 0.423. The van der Waals surface area contributed by atoms with Crippen LogP contribution in [0.25, 0.3) is 0 Å². The molecule has 0 aliphatic heterocycles. The highest BCUT2D eigenvalue weighted by atomic mass is 16.5. The van der Waals surface area contributed by atoms with E-state index in [0.717, 1.165) is 24.8 Å². The smallest absolute Gasteiger partial charge is 0.338 e. The van der Waals surface area contributed by atoms with Crippen LogP contribution in [0.3, 0.4) is 0 Å². The van der Waals surface area contributed by atoms with Crippen molar-refractivity contribution in [3.63, 3.8) is 0 Å². The Labute approximate surface area is 189 Å². The number of amides is 2. The van der Waals surface area contributed by atoms with E-state index in [1.807, 2.05) is 18.2 Å². The highest BCUT2D eigenvalue weighted by molar-refractivity contribution is 5.90. The maximum atomic E-state index is 11.7. The van der Waals surface area contributed by atoms with Crippen LogP contribution in [0.15, 0.2) is 42.5 Å². The van der Waals surface area contributed by atoms with E-state index in [0.29, 0.717) is 18.1 Å². The van der Waals surface area contributed by atoms with Crippen molar-refractivity contribution >= 4 is 17.8 Å². The van der Waals surface area contributed by atoms with Crippen LogP contribution < -0.4 is 10.6 Å². The lowest BCUT2D eigenvalue weighted by molar-refractivity contribution is -0.120. The summed E-state index contributed by atoms with van der Waals surface area (Å²) in [6.45, 7) is 7.41. The van der Waals surface area contributed by atoms with Crippen LogP contribution in [-0.2, 0) is 27.2 Å². The quantitative estimate of drug-likeness (QED) is 0.709. The Morgan fingerprint density at radius 3 is 2.38 bits per heavy atom. The van der Waals surface area contributed by atoms with Crippen LogP contribution in [0.1, 0.15) is 78.8 Å². The van der Waals surface area contributed by atoms with Gasteiger partial charge in [0.05, 0.1) is 24.3 Å². The Hall–Kier alpha value is -3.15. The second-order valence-corrected chi connectivity index (χ2v) is 8.48. The molecular formula is C26H32N2O4. The zero-order chi connectivity index (χ0) is 23.3. The zero-order valence-corrected chi connectivity index (χ0v) is 19.2. The van der Waals surface area contributed by atoms with Crippen molar-refractivity contribution < 1.29 is 19.1 Å². The molecule has 0 aromatic heterocycles. The van der Waals surface area contributed by atoms with E-state index in [2.05, 4.69) is 35.8 Å². The summed E-state index contributed by atoms with van der Waals surface area (Å²) in [4.78, 5) is 33.8. The standard InChI is InChI=1S/C14H17NO3.C12H15NO/c1-3-18-14(17)11-5-4-10-6-7-13(12(10)8-11)15-9(2)16;1-8-7-10-5-3-4-6-11(10)12(8)13-9(2)14/h4-5,8,13H,3,6-7H2,1-2H3,(H,15,16);3-6,8,12H,7H2,1-2H3,(H,13,14)/t;8-,12+/m.1/s1. The van der Waals surface area contributed by atoms with Crippen LogP contribution in [0.4, 0.5) is 0 Å². The van der Waals surface area contributed by atoms with Gasteiger partial charge in [0.15, 0.2) is 0 Å². The molecular weight excluding hydrogens is 404 g/mol. The predicted octanol–water partition coefficient (Wildman–Crippen LogP) is 4.04. The first kappa shape index (κ1) is 23.5. The first-order valence-corrected chi connectivity index (χ1v) is 11.2. The van der Waals surface area contributed by atoms with Crippen LogP contribution in [-0.4, -0.2) is 24.4 Å². The molecule has 0 radical (unpaired) electrons. The number of carbonyl (C=O) groups is 3. The Bertz CT molecular complexity index is 1000. The number of fused-ring (bicyclic) bond motifs is 2. The number of hydrogen-bond acceptors (Lipinski definition) is 4. The molecule has 1 unspecified atom stereocenters. The summed E-state index contributed by atoms with van der Waals surface area (Å²) >= 11 is 0. The van der Waals surface area contributed by atoms with E-state index in [1.165, 1.54) is 23.6 Å². The monoisotopic (exact) mass is 436 g/mol. The Balaban J connectivity index is 0.000000186. The maximum Gasteiger partial charge on any atom is 0.338 e. The summed E-state index contributed by atoms with van der Waals surface area (Å²) in [6.07, 6.45) is 2.89. The SMILES string of the molecule is CC(=O)N[C@@H]1c2ccccc2C[C@H]1C.CCOC(=O)c1ccc2c(c1)C(NC(C)=O)CC2. The molecule has 2 aromatic carbocycles. The summed E-state index contributed by atoms with van der Waals surface area (Å²) in [5.74, 6) is 0.206. The molecule has 170 valence electrons. The zero-order valence-electron chi connectivity index (χ0n) is 19.2. The highest BCUT2D eigenvalue weighted by Gasteiger charge is 2.29. The van der Waals surface area contributed by atoms with E-state index in [9.17, 15) is 14.4 Å². The van der Waals surface area contributed by atoms with Crippen molar-refractivity contribution in [1.82, 2.24) is 10.6 Å². The molecule has 2 N–H and O–H groups in total. The number of hydrogen-bond donors (Lipinski definition) is 2. The highest BCUT2D eigenvalue weighted by Crippen LogP contribution is 2.35. The van der Waals surface area contributed by atoms with Crippen molar-refractivity contribution in [2.24, 2.45) is 5.92 Å². The van der Waals surface area contributed by atoms with Gasteiger partial charge in [0.25, 0.3) is 0 Å². The van der Waals surface area contributed by atoms with E-state index in [-0.39, 0.29) is 29.9 Å². The molecule has 6 heteroatoms. The van der Waals surface area contributed by atoms with Crippen LogP contribution >= 0.6 is 0 Å². The van der Waals surface area contributed by atoms with E-state index >= 15 is 0 Å². The summed E-state index contributed by atoms with van der Waals surface area (Å²) in [5.41, 5.74) is 5.44. The summed E-state index contributed by atoms with van der Waals surface area (Å²) < 4.78 is 4.98. The van der Waals surface area contributed by atoms with Crippen LogP contribution in [0, 0.1) is 5.92 Å². The molecule has 0 saturated heterocycles. The van der Waals surface area contributed by atoms with Crippen molar-refractivity contribution in [2.45, 2.75) is 59.0 Å². The minimum absolute atomic E-state index is 0.0203. The summed E-state index contributed by atoms with van der Waals surface area (Å²) in [5, 5.41) is 5.91. The molecule has 2 aliphatic rings. The number of carbonyl (C=O) groups excluding carboxylic acids is 3. The number of rotatable bonds is 4. The minimum atomic E-state index is -0.311. The lowest BCUT2D eigenvalue weighted by Gasteiger charge is -2.17. The minimum Gasteiger partial charge on any atom is -0.462 e. The largest absolute Gasteiger partial charge is 0.462 e. The third-order valence-corrected chi connectivity index (χ3v) is 5.97. The average Bonchev–Trinajstić information content (AvgIpc) is 3.28. The van der Waals surface area contributed by atoms with Gasteiger partial charge >= 0.3 is 5.97 Å². The van der Waals surface area contributed by atoms with Crippen molar-refractivity contribution in [2.75, 3.05) is 6.61 Å². The first-order chi connectivity index (χ1) is 15.3.